The number of aromatic nitrogens is 2. The van der Waals surface area contributed by atoms with E-state index in [9.17, 15) is 14.4 Å². The molecule has 0 bridgehead atoms. The summed E-state index contributed by atoms with van der Waals surface area (Å²) < 4.78 is 1.65. The zero-order valence-corrected chi connectivity index (χ0v) is 11.5. The molecule has 0 aliphatic carbocycles. The first kappa shape index (κ1) is 13.3. The van der Waals surface area contributed by atoms with Crippen molar-refractivity contribution >= 4 is 23.9 Å². The van der Waals surface area contributed by atoms with Gasteiger partial charge in [-0.1, -0.05) is 0 Å². The molecule has 8 nitrogen and oxygen atoms in total. The van der Waals surface area contributed by atoms with Gasteiger partial charge in [-0.2, -0.15) is 5.10 Å². The van der Waals surface area contributed by atoms with E-state index in [1.165, 1.54) is 6.08 Å². The van der Waals surface area contributed by atoms with Crippen molar-refractivity contribution < 1.29 is 14.4 Å². The van der Waals surface area contributed by atoms with Crippen LogP contribution in [-0.2, 0) is 16.6 Å². The SMILES string of the molecule is Cn1nccc1/C=C/C(=O)N1CCC2(C1)NC(=O)NC2=O. The Hall–Kier alpha value is -2.64. The summed E-state index contributed by atoms with van der Waals surface area (Å²) >= 11 is 0. The molecule has 2 N–H and O–H groups in total. The highest BCUT2D eigenvalue weighted by molar-refractivity contribution is 6.08. The van der Waals surface area contributed by atoms with Crippen LogP contribution >= 0.6 is 0 Å². The van der Waals surface area contributed by atoms with Crippen molar-refractivity contribution in [2.75, 3.05) is 13.1 Å². The van der Waals surface area contributed by atoms with Gasteiger partial charge in [0.1, 0.15) is 5.54 Å². The minimum atomic E-state index is -0.965. The molecule has 2 saturated heterocycles. The molecular weight excluding hydrogens is 274 g/mol. The standard InChI is InChI=1S/C13H15N5O3/c1-17-9(4-6-14-17)2-3-10(19)18-7-5-13(8-18)11(20)15-12(21)16-13/h2-4,6H,5,7-8H2,1H3,(H2,15,16,20,21)/b3-2+. The van der Waals surface area contributed by atoms with Gasteiger partial charge < -0.3 is 10.2 Å². The summed E-state index contributed by atoms with van der Waals surface area (Å²) in [6.45, 7) is 0.626. The summed E-state index contributed by atoms with van der Waals surface area (Å²) in [6, 6.07) is 1.29. The van der Waals surface area contributed by atoms with Crippen molar-refractivity contribution in [2.45, 2.75) is 12.0 Å². The van der Waals surface area contributed by atoms with Gasteiger partial charge in [-0.25, -0.2) is 4.79 Å². The van der Waals surface area contributed by atoms with Gasteiger partial charge in [0.05, 0.1) is 12.2 Å². The van der Waals surface area contributed by atoms with Crippen molar-refractivity contribution in [3.05, 3.63) is 24.0 Å². The first-order valence-electron chi connectivity index (χ1n) is 6.59. The fourth-order valence-electron chi connectivity index (χ4n) is 2.62. The molecule has 4 amide bonds. The highest BCUT2D eigenvalue weighted by Gasteiger charge is 2.51. The summed E-state index contributed by atoms with van der Waals surface area (Å²) in [4.78, 5) is 36.7. The van der Waals surface area contributed by atoms with E-state index in [-0.39, 0.29) is 18.4 Å². The van der Waals surface area contributed by atoms with E-state index in [1.807, 2.05) is 0 Å². The van der Waals surface area contributed by atoms with E-state index in [0.29, 0.717) is 13.0 Å². The first-order chi connectivity index (χ1) is 10.00. The average molecular weight is 289 g/mol. The molecule has 2 fully saturated rings. The van der Waals surface area contributed by atoms with Crippen LogP contribution in [0.2, 0.25) is 0 Å². The molecule has 0 saturated carbocycles. The molecule has 1 spiro atoms. The van der Waals surface area contributed by atoms with Crippen LogP contribution < -0.4 is 10.6 Å². The number of aryl methyl sites for hydroxylation is 1. The predicted octanol–water partition coefficient (Wildman–Crippen LogP) is -0.756. The Morgan fingerprint density at radius 3 is 2.90 bits per heavy atom. The van der Waals surface area contributed by atoms with Gasteiger partial charge in [0.15, 0.2) is 0 Å². The zero-order valence-electron chi connectivity index (χ0n) is 11.5. The van der Waals surface area contributed by atoms with Crippen LogP contribution in [0.25, 0.3) is 6.08 Å². The number of likely N-dealkylation sites (tertiary alicyclic amines) is 1. The van der Waals surface area contributed by atoms with Gasteiger partial charge >= 0.3 is 6.03 Å². The molecule has 3 rings (SSSR count). The van der Waals surface area contributed by atoms with E-state index >= 15 is 0 Å². The number of hydrogen-bond donors (Lipinski definition) is 2. The summed E-state index contributed by atoms with van der Waals surface area (Å²) in [6.07, 6.45) is 5.20. The third-order valence-corrected chi connectivity index (χ3v) is 3.85. The Bertz CT molecular complexity index is 650. The lowest BCUT2D eigenvalue weighted by Gasteiger charge is -2.20. The van der Waals surface area contributed by atoms with Crippen molar-refractivity contribution in [1.82, 2.24) is 25.3 Å². The van der Waals surface area contributed by atoms with Crippen LogP contribution in [-0.4, -0.2) is 51.2 Å². The highest BCUT2D eigenvalue weighted by atomic mass is 16.2. The highest BCUT2D eigenvalue weighted by Crippen LogP contribution is 2.24. The smallest absolute Gasteiger partial charge is 0.322 e. The topological polar surface area (TPSA) is 96.3 Å². The van der Waals surface area contributed by atoms with Gasteiger partial charge in [0.25, 0.3) is 5.91 Å². The lowest BCUT2D eigenvalue weighted by molar-refractivity contribution is -0.126. The van der Waals surface area contributed by atoms with Crippen LogP contribution in [0.3, 0.4) is 0 Å². The molecule has 0 radical (unpaired) electrons. The van der Waals surface area contributed by atoms with E-state index in [2.05, 4.69) is 15.7 Å². The second kappa shape index (κ2) is 4.72. The minimum absolute atomic E-state index is 0.193. The molecule has 3 heterocycles. The third kappa shape index (κ3) is 2.28. The van der Waals surface area contributed by atoms with Crippen molar-refractivity contribution in [1.29, 1.82) is 0 Å². The van der Waals surface area contributed by atoms with Crippen molar-refractivity contribution in [2.24, 2.45) is 7.05 Å². The van der Waals surface area contributed by atoms with Crippen molar-refractivity contribution in [3.63, 3.8) is 0 Å². The van der Waals surface area contributed by atoms with Crippen LogP contribution in [0, 0.1) is 0 Å². The number of carbonyl (C=O) groups is 3. The Morgan fingerprint density at radius 1 is 1.48 bits per heavy atom. The fourth-order valence-corrected chi connectivity index (χ4v) is 2.62. The number of hydrogen-bond acceptors (Lipinski definition) is 4. The Kier molecular flexibility index (Phi) is 3.00. The van der Waals surface area contributed by atoms with E-state index in [4.69, 9.17) is 0 Å². The van der Waals surface area contributed by atoms with E-state index < -0.39 is 11.6 Å². The molecule has 2 aliphatic heterocycles. The van der Waals surface area contributed by atoms with E-state index in [1.54, 1.807) is 35.0 Å². The normalized spacial score (nSPS) is 24.9. The fraction of sp³-hybridized carbons (Fsp3) is 0.385. The van der Waals surface area contributed by atoms with Gasteiger partial charge in [0, 0.05) is 25.9 Å². The lowest BCUT2D eigenvalue weighted by atomic mass is 10.00. The van der Waals surface area contributed by atoms with Gasteiger partial charge in [-0.15, -0.1) is 0 Å². The van der Waals surface area contributed by atoms with Crippen LogP contribution in [0.4, 0.5) is 4.79 Å². The minimum Gasteiger partial charge on any atom is -0.336 e. The zero-order chi connectivity index (χ0) is 15.0. The molecule has 0 aromatic carbocycles. The number of amides is 4. The number of imide groups is 1. The molecule has 1 aromatic rings. The number of carbonyl (C=O) groups excluding carboxylic acids is 3. The summed E-state index contributed by atoms with van der Waals surface area (Å²) in [5, 5.41) is 8.83. The number of nitrogens with zero attached hydrogens (tertiary/aromatic N) is 3. The largest absolute Gasteiger partial charge is 0.336 e. The molecule has 2 aliphatic rings. The summed E-state index contributed by atoms with van der Waals surface area (Å²) in [5.41, 5.74) is -0.156. The molecule has 8 heteroatoms. The Morgan fingerprint density at radius 2 is 2.29 bits per heavy atom. The quantitative estimate of drug-likeness (QED) is 0.553. The van der Waals surface area contributed by atoms with Crippen LogP contribution in [0.15, 0.2) is 18.3 Å². The maximum absolute atomic E-state index is 12.1. The molecule has 21 heavy (non-hydrogen) atoms. The maximum atomic E-state index is 12.1. The van der Waals surface area contributed by atoms with Gasteiger partial charge in [0.2, 0.25) is 5.91 Å². The lowest BCUT2D eigenvalue weighted by Crippen LogP contribution is -2.49. The number of urea groups is 1. The van der Waals surface area contributed by atoms with Crippen LogP contribution in [0.5, 0.6) is 0 Å². The predicted molar refractivity (Wildman–Crippen MR) is 72.8 cm³/mol. The molecule has 110 valence electrons. The summed E-state index contributed by atoms with van der Waals surface area (Å²) in [7, 11) is 1.79. The molecule has 1 atom stereocenters. The number of rotatable bonds is 2. The molecule has 1 unspecified atom stereocenters. The maximum Gasteiger partial charge on any atom is 0.322 e. The Labute approximate surface area is 120 Å². The number of nitrogens with one attached hydrogen (secondary N) is 2. The summed E-state index contributed by atoms with van der Waals surface area (Å²) in [5.74, 6) is -0.555. The van der Waals surface area contributed by atoms with Gasteiger partial charge in [-0.05, 0) is 18.6 Å². The van der Waals surface area contributed by atoms with Crippen LogP contribution in [0.1, 0.15) is 12.1 Å². The van der Waals surface area contributed by atoms with Crippen molar-refractivity contribution in [3.8, 4) is 0 Å². The monoisotopic (exact) mass is 289 g/mol. The third-order valence-electron chi connectivity index (χ3n) is 3.85. The first-order valence-corrected chi connectivity index (χ1v) is 6.59. The second-order valence-electron chi connectivity index (χ2n) is 5.21. The second-order valence-corrected chi connectivity index (χ2v) is 5.21. The average Bonchev–Trinajstić information content (AvgIpc) is 3.10. The molecule has 1 aromatic heterocycles. The molecular formula is C13H15N5O3. The van der Waals surface area contributed by atoms with Gasteiger partial charge in [-0.3, -0.25) is 19.6 Å². The van der Waals surface area contributed by atoms with E-state index in [0.717, 1.165) is 5.69 Å². The Balaban J connectivity index is 1.68.